The van der Waals surface area contributed by atoms with Crippen molar-refractivity contribution >= 4 is 26.0 Å². The van der Waals surface area contributed by atoms with Gasteiger partial charge in [0.25, 0.3) is 0 Å². The van der Waals surface area contributed by atoms with E-state index in [1.165, 1.54) is 0 Å². The van der Waals surface area contributed by atoms with Gasteiger partial charge >= 0.3 is 0 Å². The molecule has 0 heterocycles. The van der Waals surface area contributed by atoms with E-state index in [9.17, 15) is 17.2 Å². The van der Waals surface area contributed by atoms with Gasteiger partial charge in [0.05, 0.1) is 4.90 Å². The lowest BCUT2D eigenvalue weighted by atomic mass is 9.80. The van der Waals surface area contributed by atoms with Crippen LogP contribution in [0.3, 0.4) is 0 Å². The maximum absolute atomic E-state index is 13.0. The molecule has 1 aromatic carbocycles. The molecule has 3 nitrogen and oxygen atoms in total. The molecule has 0 unspecified atom stereocenters. The maximum atomic E-state index is 13.0. The Kier molecular flexibility index (Phi) is 3.75. The molecule has 18 heavy (non-hydrogen) atoms. The number of hydrogen-bond acceptors (Lipinski definition) is 2. The third-order valence-electron chi connectivity index (χ3n) is 3.12. The molecule has 100 valence electrons. The highest BCUT2D eigenvalue weighted by Crippen LogP contribution is 2.35. The second kappa shape index (κ2) is 4.86. The fourth-order valence-corrected chi connectivity index (χ4v) is 4.21. The molecule has 0 saturated heterocycles. The molecule has 1 N–H and O–H groups in total. The summed E-state index contributed by atoms with van der Waals surface area (Å²) < 4.78 is 52.5. The molecule has 0 amide bonds. The number of benzene rings is 1. The number of hydrogen-bond donors (Lipinski definition) is 1. The monoisotopic (exact) mass is 339 g/mol. The van der Waals surface area contributed by atoms with Gasteiger partial charge in [0, 0.05) is 10.9 Å². The molecule has 0 spiro atoms. The van der Waals surface area contributed by atoms with E-state index in [1.54, 1.807) is 0 Å². The number of sulfonamides is 1. The fraction of sp³-hybridized carbons (Fsp3) is 0.455. The van der Waals surface area contributed by atoms with Crippen LogP contribution in [0.1, 0.15) is 19.3 Å². The van der Waals surface area contributed by atoms with Crippen LogP contribution in [0.4, 0.5) is 8.78 Å². The smallest absolute Gasteiger partial charge is 0.207 e. The van der Waals surface area contributed by atoms with Crippen molar-refractivity contribution in [1.29, 1.82) is 0 Å². The molecule has 0 atom stereocenters. The zero-order valence-corrected chi connectivity index (χ0v) is 11.8. The van der Waals surface area contributed by atoms with Crippen LogP contribution in [-0.4, -0.2) is 19.3 Å². The molecule has 1 aliphatic carbocycles. The van der Waals surface area contributed by atoms with Crippen molar-refractivity contribution in [2.75, 3.05) is 5.33 Å². The van der Waals surface area contributed by atoms with Gasteiger partial charge in [-0.1, -0.05) is 15.9 Å². The van der Waals surface area contributed by atoms with E-state index in [4.69, 9.17) is 0 Å². The van der Waals surface area contributed by atoms with Crippen LogP contribution in [0.5, 0.6) is 0 Å². The number of alkyl halides is 1. The number of halogens is 3. The van der Waals surface area contributed by atoms with E-state index in [-0.39, 0.29) is 4.90 Å². The van der Waals surface area contributed by atoms with E-state index >= 15 is 0 Å². The molecule has 0 aliphatic heterocycles. The topological polar surface area (TPSA) is 46.2 Å². The zero-order valence-electron chi connectivity index (χ0n) is 9.42. The van der Waals surface area contributed by atoms with Gasteiger partial charge in [0.1, 0.15) is 0 Å². The van der Waals surface area contributed by atoms with Crippen LogP contribution in [0.15, 0.2) is 23.1 Å². The second-order valence-corrected chi connectivity index (χ2v) is 6.69. The van der Waals surface area contributed by atoms with E-state index in [2.05, 4.69) is 20.7 Å². The fourth-order valence-electron chi connectivity index (χ4n) is 1.85. The van der Waals surface area contributed by atoms with Crippen LogP contribution < -0.4 is 4.72 Å². The van der Waals surface area contributed by atoms with E-state index < -0.39 is 27.2 Å². The molecular weight excluding hydrogens is 328 g/mol. The Labute approximate surface area is 113 Å². The minimum atomic E-state index is -3.82. The molecule has 1 saturated carbocycles. The molecule has 0 bridgehead atoms. The Morgan fingerprint density at radius 3 is 2.39 bits per heavy atom. The summed E-state index contributed by atoms with van der Waals surface area (Å²) in [4.78, 5) is -0.256. The Morgan fingerprint density at radius 1 is 1.28 bits per heavy atom. The average molecular weight is 340 g/mol. The summed E-state index contributed by atoms with van der Waals surface area (Å²) in [6.45, 7) is 0. The molecule has 7 heteroatoms. The van der Waals surface area contributed by atoms with E-state index in [1.807, 2.05) is 0 Å². The van der Waals surface area contributed by atoms with Crippen LogP contribution in [-0.2, 0) is 10.0 Å². The predicted octanol–water partition coefficient (Wildman–Crippen LogP) is 2.56. The Morgan fingerprint density at radius 2 is 1.94 bits per heavy atom. The highest BCUT2D eigenvalue weighted by atomic mass is 79.9. The first-order valence-corrected chi connectivity index (χ1v) is 8.04. The summed E-state index contributed by atoms with van der Waals surface area (Å²) in [6, 6.07) is 2.56. The van der Waals surface area contributed by atoms with Gasteiger partial charge in [-0.15, -0.1) is 0 Å². The van der Waals surface area contributed by atoms with Crippen LogP contribution in [0.2, 0.25) is 0 Å². The molecular formula is C11H12BrF2NO2S. The number of rotatable bonds is 4. The van der Waals surface area contributed by atoms with E-state index in [0.717, 1.165) is 31.4 Å². The summed E-state index contributed by atoms with van der Waals surface area (Å²) in [5.41, 5.74) is -0.496. The van der Waals surface area contributed by atoms with Gasteiger partial charge in [0.15, 0.2) is 11.6 Å². The van der Waals surface area contributed by atoms with Crippen molar-refractivity contribution in [2.24, 2.45) is 0 Å². The van der Waals surface area contributed by atoms with Crippen molar-refractivity contribution in [3.05, 3.63) is 29.8 Å². The Balaban J connectivity index is 2.28. The lowest BCUT2D eigenvalue weighted by molar-refractivity contribution is 0.256. The SMILES string of the molecule is O=S(=O)(NC1(CBr)CCC1)c1ccc(F)c(F)c1. The highest BCUT2D eigenvalue weighted by molar-refractivity contribution is 9.09. The second-order valence-electron chi connectivity index (χ2n) is 4.45. The van der Waals surface area contributed by atoms with Crippen molar-refractivity contribution in [2.45, 2.75) is 29.7 Å². The lowest BCUT2D eigenvalue weighted by Crippen LogP contribution is -2.54. The Bertz CT molecular complexity index is 553. The summed E-state index contributed by atoms with van der Waals surface area (Å²) in [5, 5.41) is 0.503. The Hall–Kier alpha value is -0.530. The molecule has 1 aliphatic rings. The largest absolute Gasteiger partial charge is 0.241 e. The molecule has 1 aromatic rings. The third-order valence-corrected chi connectivity index (χ3v) is 5.77. The third kappa shape index (κ3) is 2.57. The van der Waals surface area contributed by atoms with Crippen molar-refractivity contribution < 1.29 is 17.2 Å². The summed E-state index contributed by atoms with van der Waals surface area (Å²) >= 11 is 3.27. The summed E-state index contributed by atoms with van der Waals surface area (Å²) in [7, 11) is -3.82. The molecule has 2 rings (SSSR count). The minimum absolute atomic E-state index is 0.256. The first-order chi connectivity index (χ1) is 8.38. The highest BCUT2D eigenvalue weighted by Gasteiger charge is 2.39. The molecule has 1 fully saturated rings. The summed E-state index contributed by atoms with van der Waals surface area (Å²) in [6.07, 6.45) is 2.42. The first-order valence-electron chi connectivity index (χ1n) is 5.44. The van der Waals surface area contributed by atoms with Gasteiger partial charge in [-0.05, 0) is 37.5 Å². The van der Waals surface area contributed by atoms with Crippen LogP contribution in [0, 0.1) is 11.6 Å². The van der Waals surface area contributed by atoms with Gasteiger partial charge in [0.2, 0.25) is 10.0 Å². The van der Waals surface area contributed by atoms with Crippen LogP contribution in [0.25, 0.3) is 0 Å². The van der Waals surface area contributed by atoms with Gasteiger partial charge < -0.3 is 0 Å². The molecule has 0 radical (unpaired) electrons. The van der Waals surface area contributed by atoms with Crippen molar-refractivity contribution in [3.8, 4) is 0 Å². The van der Waals surface area contributed by atoms with Gasteiger partial charge in [-0.2, -0.15) is 0 Å². The zero-order chi connectivity index (χ0) is 13.4. The van der Waals surface area contributed by atoms with Crippen LogP contribution >= 0.6 is 15.9 Å². The minimum Gasteiger partial charge on any atom is -0.207 e. The maximum Gasteiger partial charge on any atom is 0.241 e. The quantitative estimate of drug-likeness (QED) is 0.857. The summed E-state index contributed by atoms with van der Waals surface area (Å²) in [5.74, 6) is -2.23. The van der Waals surface area contributed by atoms with Crippen molar-refractivity contribution in [3.63, 3.8) is 0 Å². The van der Waals surface area contributed by atoms with Gasteiger partial charge in [-0.25, -0.2) is 21.9 Å². The van der Waals surface area contributed by atoms with Crippen molar-refractivity contribution in [1.82, 2.24) is 4.72 Å². The normalized spacial score (nSPS) is 18.4. The average Bonchev–Trinajstić information content (AvgIpc) is 2.27. The van der Waals surface area contributed by atoms with Gasteiger partial charge in [-0.3, -0.25) is 0 Å². The first kappa shape index (κ1) is 13.9. The number of nitrogens with one attached hydrogen (secondary N) is 1. The lowest BCUT2D eigenvalue weighted by Gasteiger charge is -2.40. The standard InChI is InChI=1S/C11H12BrF2NO2S/c12-7-11(4-1-5-11)15-18(16,17)8-2-3-9(13)10(14)6-8/h2-3,6,15H,1,4-5,7H2. The van der Waals surface area contributed by atoms with E-state index in [0.29, 0.717) is 11.4 Å². The molecule has 0 aromatic heterocycles. The predicted molar refractivity (Wildman–Crippen MR) is 67.1 cm³/mol.